The summed E-state index contributed by atoms with van der Waals surface area (Å²) >= 11 is 6.02. The number of carbonyl (C=O) groups is 1. The van der Waals surface area contributed by atoms with E-state index >= 15 is 0 Å². The molecule has 150 valence electrons. The number of nitro benzene ring substituents is 1. The van der Waals surface area contributed by atoms with Gasteiger partial charge in [0.1, 0.15) is 5.52 Å². The highest BCUT2D eigenvalue weighted by Crippen LogP contribution is 2.29. The summed E-state index contributed by atoms with van der Waals surface area (Å²) in [5, 5.41) is 14.4. The third kappa shape index (κ3) is 3.81. The fourth-order valence-electron chi connectivity index (χ4n) is 2.93. The summed E-state index contributed by atoms with van der Waals surface area (Å²) in [4.78, 5) is 27.6. The molecule has 1 amide bonds. The van der Waals surface area contributed by atoms with Gasteiger partial charge in [0.25, 0.3) is 5.91 Å². The van der Waals surface area contributed by atoms with E-state index in [1.807, 2.05) is 6.07 Å². The van der Waals surface area contributed by atoms with Crippen molar-refractivity contribution in [3.8, 4) is 17.2 Å². The van der Waals surface area contributed by atoms with Crippen molar-refractivity contribution >= 4 is 40.0 Å². The van der Waals surface area contributed by atoms with Gasteiger partial charge in [-0.25, -0.2) is 4.98 Å². The Hall–Kier alpha value is -3.91. The van der Waals surface area contributed by atoms with E-state index in [0.29, 0.717) is 27.7 Å². The lowest BCUT2D eigenvalue weighted by Gasteiger charge is -2.06. The molecule has 4 rings (SSSR count). The number of nitrogens with zero attached hydrogens (tertiary/aromatic N) is 2. The molecule has 30 heavy (non-hydrogen) atoms. The normalized spacial score (nSPS) is 10.7. The first-order valence-corrected chi connectivity index (χ1v) is 9.13. The molecule has 0 radical (unpaired) electrons. The van der Waals surface area contributed by atoms with Gasteiger partial charge in [0, 0.05) is 27.9 Å². The highest BCUT2D eigenvalue weighted by atomic mass is 35.5. The van der Waals surface area contributed by atoms with E-state index in [1.54, 1.807) is 36.4 Å². The van der Waals surface area contributed by atoms with Gasteiger partial charge in [-0.05, 0) is 48.5 Å². The highest BCUT2D eigenvalue weighted by Gasteiger charge is 2.18. The van der Waals surface area contributed by atoms with E-state index in [-0.39, 0.29) is 17.0 Å². The Bertz CT molecular complexity index is 1280. The van der Waals surface area contributed by atoms with Crippen LogP contribution in [0.1, 0.15) is 10.4 Å². The standard InChI is InChI=1S/C21H14ClN3O5/c1-29-19-7-5-12(10-17(19)25(27)28)20(26)23-15-6-8-18-16(11-15)24-21(30-18)13-3-2-4-14(22)9-13/h2-11H,1H3,(H,23,26). The van der Waals surface area contributed by atoms with Crippen LogP contribution in [0.2, 0.25) is 5.02 Å². The zero-order valence-electron chi connectivity index (χ0n) is 15.6. The number of fused-ring (bicyclic) bond motifs is 1. The van der Waals surface area contributed by atoms with Crippen LogP contribution in [0.5, 0.6) is 5.75 Å². The predicted molar refractivity (Wildman–Crippen MR) is 112 cm³/mol. The highest BCUT2D eigenvalue weighted by molar-refractivity contribution is 6.30. The average Bonchev–Trinajstić information content (AvgIpc) is 3.16. The molecule has 0 bridgehead atoms. The quantitative estimate of drug-likeness (QED) is 0.344. The van der Waals surface area contributed by atoms with Crippen molar-refractivity contribution in [2.45, 2.75) is 0 Å². The molecule has 8 nitrogen and oxygen atoms in total. The molecule has 4 aromatic rings. The maximum atomic E-state index is 12.6. The number of nitrogens with one attached hydrogen (secondary N) is 1. The minimum absolute atomic E-state index is 0.0779. The van der Waals surface area contributed by atoms with Gasteiger partial charge < -0.3 is 14.5 Å². The van der Waals surface area contributed by atoms with Gasteiger partial charge in [0.2, 0.25) is 5.89 Å². The van der Waals surface area contributed by atoms with E-state index in [4.69, 9.17) is 20.8 Å². The SMILES string of the molecule is COc1ccc(C(=O)Nc2ccc3oc(-c4cccc(Cl)c4)nc3c2)cc1[N+](=O)[O-]. The van der Waals surface area contributed by atoms with Crippen LogP contribution in [0.15, 0.2) is 65.1 Å². The molecular weight excluding hydrogens is 410 g/mol. The number of amides is 1. The Morgan fingerprint density at radius 2 is 2.00 bits per heavy atom. The number of oxazole rings is 1. The van der Waals surface area contributed by atoms with E-state index in [9.17, 15) is 14.9 Å². The molecule has 0 atom stereocenters. The van der Waals surface area contributed by atoms with Gasteiger partial charge in [-0.3, -0.25) is 14.9 Å². The van der Waals surface area contributed by atoms with Crippen molar-refractivity contribution in [3.63, 3.8) is 0 Å². The summed E-state index contributed by atoms with van der Waals surface area (Å²) in [5.74, 6) is -0.0190. The fraction of sp³-hybridized carbons (Fsp3) is 0.0476. The molecule has 0 spiro atoms. The Labute approximate surface area is 175 Å². The zero-order chi connectivity index (χ0) is 21.3. The summed E-state index contributed by atoms with van der Waals surface area (Å²) in [6.45, 7) is 0. The summed E-state index contributed by atoms with van der Waals surface area (Å²) in [5.41, 5.74) is 2.13. The first-order chi connectivity index (χ1) is 14.4. The number of carbonyl (C=O) groups excluding carboxylic acids is 1. The largest absolute Gasteiger partial charge is 0.490 e. The summed E-state index contributed by atoms with van der Waals surface area (Å²) in [6.07, 6.45) is 0. The van der Waals surface area contributed by atoms with Crippen molar-refractivity contribution < 1.29 is 18.9 Å². The van der Waals surface area contributed by atoms with Gasteiger partial charge in [-0.1, -0.05) is 17.7 Å². The third-order valence-electron chi connectivity index (χ3n) is 4.35. The van der Waals surface area contributed by atoms with Crippen molar-refractivity contribution in [1.29, 1.82) is 0 Å². The Morgan fingerprint density at radius 3 is 2.73 bits per heavy atom. The molecule has 0 aliphatic heterocycles. The van der Waals surface area contributed by atoms with E-state index in [2.05, 4.69) is 10.3 Å². The maximum absolute atomic E-state index is 12.6. The van der Waals surface area contributed by atoms with Crippen LogP contribution in [-0.2, 0) is 0 Å². The topological polar surface area (TPSA) is 108 Å². The van der Waals surface area contributed by atoms with E-state index in [1.165, 1.54) is 25.3 Å². The maximum Gasteiger partial charge on any atom is 0.311 e. The molecule has 0 aliphatic carbocycles. The Morgan fingerprint density at radius 1 is 1.17 bits per heavy atom. The smallest absolute Gasteiger partial charge is 0.311 e. The molecule has 1 N–H and O–H groups in total. The number of benzene rings is 3. The van der Waals surface area contributed by atoms with E-state index < -0.39 is 10.8 Å². The number of hydrogen-bond donors (Lipinski definition) is 1. The fourth-order valence-corrected chi connectivity index (χ4v) is 3.12. The van der Waals surface area contributed by atoms with Crippen LogP contribution >= 0.6 is 11.6 Å². The monoisotopic (exact) mass is 423 g/mol. The molecule has 0 fully saturated rings. The predicted octanol–water partition coefficient (Wildman–Crippen LogP) is 5.32. The van der Waals surface area contributed by atoms with Gasteiger partial charge in [-0.2, -0.15) is 0 Å². The molecule has 1 heterocycles. The van der Waals surface area contributed by atoms with Crippen molar-refractivity contribution in [2.24, 2.45) is 0 Å². The number of halogens is 1. The van der Waals surface area contributed by atoms with Crippen molar-refractivity contribution in [2.75, 3.05) is 12.4 Å². The zero-order valence-corrected chi connectivity index (χ0v) is 16.3. The lowest BCUT2D eigenvalue weighted by Crippen LogP contribution is -2.12. The molecule has 0 saturated carbocycles. The molecule has 0 aliphatic rings. The number of rotatable bonds is 5. The van der Waals surface area contributed by atoms with Gasteiger partial charge in [-0.15, -0.1) is 0 Å². The second kappa shape index (κ2) is 7.84. The lowest BCUT2D eigenvalue weighted by molar-refractivity contribution is -0.385. The number of methoxy groups -OCH3 is 1. The lowest BCUT2D eigenvalue weighted by atomic mass is 10.1. The van der Waals surface area contributed by atoms with Gasteiger partial charge in [0.05, 0.1) is 12.0 Å². The van der Waals surface area contributed by atoms with Crippen LogP contribution in [0, 0.1) is 10.1 Å². The first-order valence-electron chi connectivity index (χ1n) is 8.75. The number of ether oxygens (including phenoxy) is 1. The number of aromatic nitrogens is 1. The van der Waals surface area contributed by atoms with Crippen molar-refractivity contribution in [3.05, 3.63) is 81.4 Å². The van der Waals surface area contributed by atoms with E-state index in [0.717, 1.165) is 5.56 Å². The van der Waals surface area contributed by atoms with Crippen LogP contribution in [-0.4, -0.2) is 22.9 Å². The van der Waals surface area contributed by atoms with Crippen LogP contribution in [0.25, 0.3) is 22.6 Å². The summed E-state index contributed by atoms with van der Waals surface area (Å²) in [6, 6.07) is 16.1. The van der Waals surface area contributed by atoms with Gasteiger partial charge in [0.15, 0.2) is 11.3 Å². The Kier molecular flexibility index (Phi) is 5.07. The van der Waals surface area contributed by atoms with Gasteiger partial charge >= 0.3 is 5.69 Å². The molecule has 9 heteroatoms. The minimum Gasteiger partial charge on any atom is -0.490 e. The molecule has 0 saturated heterocycles. The summed E-state index contributed by atoms with van der Waals surface area (Å²) < 4.78 is 10.7. The number of anilines is 1. The number of nitro groups is 1. The van der Waals surface area contributed by atoms with Crippen LogP contribution in [0.4, 0.5) is 11.4 Å². The average molecular weight is 424 g/mol. The second-order valence-electron chi connectivity index (χ2n) is 6.31. The molecular formula is C21H14ClN3O5. The van der Waals surface area contributed by atoms with Crippen LogP contribution in [0.3, 0.4) is 0 Å². The second-order valence-corrected chi connectivity index (χ2v) is 6.75. The number of hydrogen-bond acceptors (Lipinski definition) is 6. The molecule has 3 aromatic carbocycles. The third-order valence-corrected chi connectivity index (χ3v) is 4.59. The molecule has 1 aromatic heterocycles. The molecule has 0 unspecified atom stereocenters. The van der Waals surface area contributed by atoms with Crippen molar-refractivity contribution in [1.82, 2.24) is 4.98 Å². The minimum atomic E-state index is -0.603. The Balaban J connectivity index is 1.60. The first kappa shape index (κ1) is 19.4. The summed E-state index contributed by atoms with van der Waals surface area (Å²) in [7, 11) is 1.33. The van der Waals surface area contributed by atoms with Crippen LogP contribution < -0.4 is 10.1 Å².